The molecule has 2 rings (SSSR count). The minimum absolute atomic E-state index is 0.150. The van der Waals surface area contributed by atoms with Gasteiger partial charge in [0.15, 0.2) is 11.5 Å². The Bertz CT molecular complexity index is 406. The van der Waals surface area contributed by atoms with Crippen molar-refractivity contribution in [3.8, 4) is 5.75 Å². The van der Waals surface area contributed by atoms with Crippen LogP contribution in [-0.2, 0) is 7.05 Å². The number of carbonyl (C=O) groups is 1. The van der Waals surface area contributed by atoms with E-state index in [1.165, 1.54) is 32.1 Å². The molecule has 4 nitrogen and oxygen atoms in total. The van der Waals surface area contributed by atoms with Crippen molar-refractivity contribution >= 4 is 5.78 Å². The van der Waals surface area contributed by atoms with Gasteiger partial charge >= 0.3 is 0 Å². The highest BCUT2D eigenvalue weighted by molar-refractivity contribution is 5.96. The SMILES string of the molecule is COc1cnn(C)c1C(=O)CCC1CCCCC1. The van der Waals surface area contributed by atoms with E-state index in [4.69, 9.17) is 4.74 Å². The number of hydrogen-bond donors (Lipinski definition) is 0. The summed E-state index contributed by atoms with van der Waals surface area (Å²) in [4.78, 5) is 12.2. The second-order valence-corrected chi connectivity index (χ2v) is 5.15. The van der Waals surface area contributed by atoms with Crippen molar-refractivity contribution in [3.05, 3.63) is 11.9 Å². The maximum absolute atomic E-state index is 12.2. The molecule has 1 heterocycles. The molecule has 0 aliphatic heterocycles. The molecule has 1 aromatic heterocycles. The highest BCUT2D eigenvalue weighted by Crippen LogP contribution is 2.28. The molecule has 0 saturated heterocycles. The van der Waals surface area contributed by atoms with Gasteiger partial charge in [-0.25, -0.2) is 0 Å². The number of ether oxygens (including phenoxy) is 1. The fraction of sp³-hybridized carbons (Fsp3) is 0.714. The van der Waals surface area contributed by atoms with Crippen LogP contribution in [0.15, 0.2) is 6.20 Å². The van der Waals surface area contributed by atoms with E-state index in [2.05, 4.69) is 5.10 Å². The Morgan fingerprint density at radius 3 is 2.83 bits per heavy atom. The smallest absolute Gasteiger partial charge is 0.184 e. The van der Waals surface area contributed by atoms with Gasteiger partial charge < -0.3 is 4.74 Å². The number of carbonyl (C=O) groups excluding carboxylic acids is 1. The predicted molar refractivity (Wildman–Crippen MR) is 69.9 cm³/mol. The summed E-state index contributed by atoms with van der Waals surface area (Å²) < 4.78 is 6.79. The van der Waals surface area contributed by atoms with Gasteiger partial charge in [0.1, 0.15) is 5.69 Å². The molecular weight excluding hydrogens is 228 g/mol. The average Bonchev–Trinajstić information content (AvgIpc) is 2.78. The Hall–Kier alpha value is -1.32. The number of methoxy groups -OCH3 is 1. The van der Waals surface area contributed by atoms with Gasteiger partial charge in [0.05, 0.1) is 13.3 Å². The molecule has 1 aliphatic carbocycles. The van der Waals surface area contributed by atoms with Crippen LogP contribution in [0.5, 0.6) is 5.75 Å². The number of Topliss-reactive ketones (excluding diaryl/α,β-unsaturated/α-hetero) is 1. The van der Waals surface area contributed by atoms with Crippen LogP contribution in [0.25, 0.3) is 0 Å². The van der Waals surface area contributed by atoms with Gasteiger partial charge in [-0.3, -0.25) is 9.48 Å². The molecule has 18 heavy (non-hydrogen) atoms. The minimum atomic E-state index is 0.150. The largest absolute Gasteiger partial charge is 0.493 e. The Balaban J connectivity index is 1.92. The van der Waals surface area contributed by atoms with Crippen molar-refractivity contribution in [2.24, 2.45) is 13.0 Å². The maximum atomic E-state index is 12.2. The number of aromatic nitrogens is 2. The summed E-state index contributed by atoms with van der Waals surface area (Å²) in [6.45, 7) is 0. The number of rotatable bonds is 5. The first-order valence-electron chi connectivity index (χ1n) is 6.81. The van der Waals surface area contributed by atoms with E-state index in [-0.39, 0.29) is 5.78 Å². The third-order valence-electron chi connectivity index (χ3n) is 3.89. The monoisotopic (exact) mass is 250 g/mol. The molecule has 0 atom stereocenters. The summed E-state index contributed by atoms with van der Waals surface area (Å²) in [6, 6.07) is 0. The molecule has 0 aromatic carbocycles. The van der Waals surface area contributed by atoms with Crippen LogP contribution >= 0.6 is 0 Å². The Kier molecular flexibility index (Phi) is 4.39. The van der Waals surface area contributed by atoms with E-state index in [0.717, 1.165) is 12.3 Å². The third-order valence-corrected chi connectivity index (χ3v) is 3.89. The minimum Gasteiger partial charge on any atom is -0.493 e. The standard InChI is InChI=1S/C14H22N2O2/c1-16-14(13(18-2)10-15-16)12(17)9-8-11-6-4-3-5-7-11/h10-11H,3-9H2,1-2H3. The van der Waals surface area contributed by atoms with Crippen molar-refractivity contribution in [2.75, 3.05) is 7.11 Å². The molecule has 1 fully saturated rings. The highest BCUT2D eigenvalue weighted by Gasteiger charge is 2.20. The van der Waals surface area contributed by atoms with E-state index >= 15 is 0 Å². The van der Waals surface area contributed by atoms with Crippen LogP contribution in [-0.4, -0.2) is 22.7 Å². The summed E-state index contributed by atoms with van der Waals surface area (Å²) in [6.07, 6.45) is 9.81. The number of hydrogen-bond acceptors (Lipinski definition) is 3. The highest BCUT2D eigenvalue weighted by atomic mass is 16.5. The Labute approximate surface area is 108 Å². The zero-order valence-electron chi connectivity index (χ0n) is 11.3. The van der Waals surface area contributed by atoms with Gasteiger partial charge in [-0.05, 0) is 12.3 Å². The first-order chi connectivity index (χ1) is 8.72. The summed E-state index contributed by atoms with van der Waals surface area (Å²) in [5.41, 5.74) is 0.605. The summed E-state index contributed by atoms with van der Waals surface area (Å²) in [5, 5.41) is 4.07. The number of aryl methyl sites for hydroxylation is 1. The molecule has 0 unspecified atom stereocenters. The van der Waals surface area contributed by atoms with E-state index in [0.29, 0.717) is 17.9 Å². The zero-order chi connectivity index (χ0) is 13.0. The molecule has 1 saturated carbocycles. The van der Waals surface area contributed by atoms with Crippen LogP contribution in [0.2, 0.25) is 0 Å². The van der Waals surface area contributed by atoms with Crippen molar-refractivity contribution < 1.29 is 9.53 Å². The Morgan fingerprint density at radius 2 is 2.17 bits per heavy atom. The molecular formula is C14H22N2O2. The van der Waals surface area contributed by atoms with E-state index in [1.54, 1.807) is 25.0 Å². The number of nitrogens with zero attached hydrogens (tertiary/aromatic N) is 2. The fourth-order valence-corrected chi connectivity index (χ4v) is 2.81. The molecule has 1 aromatic rings. The first-order valence-corrected chi connectivity index (χ1v) is 6.81. The third kappa shape index (κ3) is 2.92. The molecule has 4 heteroatoms. The molecule has 100 valence electrons. The fourth-order valence-electron chi connectivity index (χ4n) is 2.81. The molecule has 0 spiro atoms. The second-order valence-electron chi connectivity index (χ2n) is 5.15. The van der Waals surface area contributed by atoms with Gasteiger partial charge in [-0.1, -0.05) is 32.1 Å². The van der Waals surface area contributed by atoms with E-state index in [1.807, 2.05) is 0 Å². The molecule has 0 amide bonds. The lowest BCUT2D eigenvalue weighted by Gasteiger charge is -2.20. The van der Waals surface area contributed by atoms with Crippen molar-refractivity contribution in [3.63, 3.8) is 0 Å². The van der Waals surface area contributed by atoms with Crippen LogP contribution in [0.3, 0.4) is 0 Å². The molecule has 0 radical (unpaired) electrons. The van der Waals surface area contributed by atoms with Gasteiger partial charge in [0.25, 0.3) is 0 Å². The molecule has 1 aliphatic rings. The summed E-state index contributed by atoms with van der Waals surface area (Å²) >= 11 is 0. The normalized spacial score (nSPS) is 16.8. The Morgan fingerprint density at radius 1 is 1.44 bits per heavy atom. The van der Waals surface area contributed by atoms with Crippen molar-refractivity contribution in [1.82, 2.24) is 9.78 Å². The van der Waals surface area contributed by atoms with Crippen molar-refractivity contribution in [2.45, 2.75) is 44.9 Å². The lowest BCUT2D eigenvalue weighted by molar-refractivity contribution is 0.0958. The summed E-state index contributed by atoms with van der Waals surface area (Å²) in [5.74, 6) is 1.48. The number of ketones is 1. The van der Waals surface area contributed by atoms with Crippen LogP contribution in [0, 0.1) is 5.92 Å². The predicted octanol–water partition coefficient (Wildman–Crippen LogP) is 2.97. The van der Waals surface area contributed by atoms with E-state index in [9.17, 15) is 4.79 Å². The van der Waals surface area contributed by atoms with Crippen LogP contribution < -0.4 is 4.74 Å². The zero-order valence-corrected chi connectivity index (χ0v) is 11.3. The van der Waals surface area contributed by atoms with Gasteiger partial charge in [-0.15, -0.1) is 0 Å². The topological polar surface area (TPSA) is 44.1 Å². The lowest BCUT2D eigenvalue weighted by Crippen LogP contribution is -2.12. The average molecular weight is 250 g/mol. The van der Waals surface area contributed by atoms with Crippen molar-refractivity contribution in [1.29, 1.82) is 0 Å². The van der Waals surface area contributed by atoms with E-state index < -0.39 is 0 Å². The summed E-state index contributed by atoms with van der Waals surface area (Å²) in [7, 11) is 3.37. The quantitative estimate of drug-likeness (QED) is 0.755. The van der Waals surface area contributed by atoms with Crippen LogP contribution in [0.4, 0.5) is 0 Å². The molecule has 0 N–H and O–H groups in total. The van der Waals surface area contributed by atoms with Gasteiger partial charge in [-0.2, -0.15) is 5.10 Å². The maximum Gasteiger partial charge on any atom is 0.184 e. The van der Waals surface area contributed by atoms with Crippen LogP contribution in [0.1, 0.15) is 55.4 Å². The lowest BCUT2D eigenvalue weighted by atomic mass is 9.85. The van der Waals surface area contributed by atoms with Gasteiger partial charge in [0, 0.05) is 13.5 Å². The van der Waals surface area contributed by atoms with Gasteiger partial charge in [0.2, 0.25) is 0 Å². The first kappa shape index (κ1) is 13.1. The molecule has 0 bridgehead atoms. The second kappa shape index (κ2) is 6.03.